The second kappa shape index (κ2) is 9.88. The van der Waals surface area contributed by atoms with Gasteiger partial charge >= 0.3 is 0 Å². The van der Waals surface area contributed by atoms with E-state index in [1.54, 1.807) is 13.8 Å². The van der Waals surface area contributed by atoms with Gasteiger partial charge in [-0.1, -0.05) is 33.6 Å². The molecule has 0 saturated heterocycles. The minimum atomic E-state index is 0.127. The molecule has 0 N–H and O–H groups in total. The Hall–Kier alpha value is -0.280. The zero-order valence-electron chi connectivity index (χ0n) is 13.1. The van der Waals surface area contributed by atoms with Gasteiger partial charge in [0.25, 0.3) is 0 Å². The molecule has 0 unspecified atom stereocenters. The van der Waals surface area contributed by atoms with E-state index in [9.17, 15) is 9.59 Å². The van der Waals surface area contributed by atoms with E-state index in [0.717, 1.165) is 34.7 Å². The molecule has 2 aromatic carbocycles. The Balaban J connectivity index is 0.000000231. The van der Waals surface area contributed by atoms with Crippen LogP contribution >= 0.6 is 61.1 Å². The normalized spacial score (nSPS) is 9.83. The van der Waals surface area contributed by atoms with Gasteiger partial charge in [-0.25, -0.2) is 0 Å². The lowest BCUT2D eigenvalue weighted by molar-refractivity contribution is 0.100. The van der Waals surface area contributed by atoms with Crippen molar-refractivity contribution in [1.29, 1.82) is 0 Å². The number of carbonyl (C=O) groups is 2. The molecule has 122 valence electrons. The fourth-order valence-electron chi connectivity index (χ4n) is 1.83. The highest BCUT2D eigenvalue weighted by Crippen LogP contribution is 2.16. The highest BCUT2D eigenvalue weighted by atomic mass is 127. The van der Waals surface area contributed by atoms with Crippen LogP contribution < -0.4 is 0 Å². The number of aryl methyl sites for hydroxylation is 1. The number of rotatable bonds is 3. The molecule has 23 heavy (non-hydrogen) atoms. The van der Waals surface area contributed by atoms with Crippen LogP contribution in [0.5, 0.6) is 0 Å². The van der Waals surface area contributed by atoms with E-state index in [1.807, 2.05) is 43.3 Å². The topological polar surface area (TPSA) is 34.1 Å². The molecule has 5 heteroatoms. The van der Waals surface area contributed by atoms with Gasteiger partial charge in [0.05, 0.1) is 0 Å². The summed E-state index contributed by atoms with van der Waals surface area (Å²) >= 11 is 7.70. The third-order valence-electron chi connectivity index (χ3n) is 3.07. The Morgan fingerprint density at radius 2 is 1.39 bits per heavy atom. The van der Waals surface area contributed by atoms with Crippen LogP contribution in [0.4, 0.5) is 0 Å². The molecule has 0 bridgehead atoms. The first-order valence-electron chi connectivity index (χ1n) is 6.88. The molecule has 0 fully saturated rings. The van der Waals surface area contributed by atoms with E-state index in [1.165, 1.54) is 0 Å². The maximum absolute atomic E-state index is 11.1. The Labute approximate surface area is 172 Å². The number of hydrogen-bond acceptors (Lipinski definition) is 2. The summed E-state index contributed by atoms with van der Waals surface area (Å²) in [5.41, 5.74) is 3.91. The van der Waals surface area contributed by atoms with Crippen LogP contribution in [0.25, 0.3) is 0 Å². The van der Waals surface area contributed by atoms with Gasteiger partial charge < -0.3 is 0 Å². The summed E-state index contributed by atoms with van der Waals surface area (Å²) < 4.78 is 2.05. The molecule has 0 aliphatic carbocycles. The maximum Gasteiger partial charge on any atom is 0.160 e. The van der Waals surface area contributed by atoms with Crippen molar-refractivity contribution >= 4 is 72.7 Å². The van der Waals surface area contributed by atoms with Gasteiger partial charge in [-0.3, -0.25) is 9.59 Å². The molecule has 0 radical (unpaired) electrons. The third-order valence-corrected chi connectivity index (χ3v) is 5.59. The average Bonchev–Trinajstić information content (AvgIpc) is 2.50. The predicted molar refractivity (Wildman–Crippen MR) is 116 cm³/mol. The van der Waals surface area contributed by atoms with Gasteiger partial charge in [0.15, 0.2) is 11.6 Å². The fourth-order valence-corrected chi connectivity index (χ4v) is 3.61. The van der Waals surface area contributed by atoms with Crippen molar-refractivity contribution in [2.24, 2.45) is 0 Å². The summed E-state index contributed by atoms with van der Waals surface area (Å²) in [5, 5.41) is 0.796. The van der Waals surface area contributed by atoms with Gasteiger partial charge in [0.2, 0.25) is 0 Å². The molecule has 0 amide bonds. The van der Waals surface area contributed by atoms with Crippen molar-refractivity contribution in [3.05, 3.63) is 65.8 Å². The summed E-state index contributed by atoms with van der Waals surface area (Å²) in [4.78, 5) is 22.1. The number of Topliss-reactive ketones (excluding diaryl/α,β-unsaturated/α-hetero) is 2. The minimum absolute atomic E-state index is 0.127. The van der Waals surface area contributed by atoms with Crippen molar-refractivity contribution in [3.63, 3.8) is 0 Å². The predicted octanol–water partition coefficient (Wildman–Crippen LogP) is 6.19. The lowest BCUT2D eigenvalue weighted by Crippen LogP contribution is -1.96. The summed E-state index contributed by atoms with van der Waals surface area (Å²) in [7, 11) is 0. The van der Waals surface area contributed by atoms with Gasteiger partial charge in [-0.2, -0.15) is 0 Å². The molecule has 0 heterocycles. The van der Waals surface area contributed by atoms with Crippen LogP contribution in [0.2, 0.25) is 0 Å². The first-order valence-corrected chi connectivity index (χ1v) is 10.2. The maximum atomic E-state index is 11.1. The molecule has 0 aliphatic heterocycles. The highest BCUT2D eigenvalue weighted by molar-refractivity contribution is 14.1. The molecule has 0 aromatic heterocycles. The second-order valence-electron chi connectivity index (χ2n) is 5.04. The lowest BCUT2D eigenvalue weighted by Gasteiger charge is -2.01. The van der Waals surface area contributed by atoms with Crippen LogP contribution in [-0.4, -0.2) is 11.6 Å². The van der Waals surface area contributed by atoms with Crippen LogP contribution in [-0.2, 0) is 5.33 Å². The van der Waals surface area contributed by atoms with E-state index >= 15 is 0 Å². The lowest BCUT2D eigenvalue weighted by atomic mass is 10.1. The van der Waals surface area contributed by atoms with E-state index < -0.39 is 0 Å². The Morgan fingerprint density at radius 3 is 1.83 bits per heavy atom. The van der Waals surface area contributed by atoms with E-state index in [-0.39, 0.29) is 11.6 Å². The Kier molecular flexibility index (Phi) is 8.92. The van der Waals surface area contributed by atoms with E-state index in [4.69, 9.17) is 0 Å². The molecule has 2 nitrogen and oxygen atoms in total. The molecule has 0 spiro atoms. The number of hydrogen-bond donors (Lipinski definition) is 0. The first kappa shape index (κ1) is 20.8. The highest BCUT2D eigenvalue weighted by Gasteiger charge is 2.05. The molecule has 0 saturated carbocycles. The summed E-state index contributed by atoms with van der Waals surface area (Å²) in [6, 6.07) is 11.8. The van der Waals surface area contributed by atoms with Crippen molar-refractivity contribution in [2.75, 3.05) is 0 Å². The summed E-state index contributed by atoms with van der Waals surface area (Å²) in [6.07, 6.45) is 0. The fraction of sp³-hybridized carbons (Fsp3) is 0.222. The van der Waals surface area contributed by atoms with E-state index in [0.29, 0.717) is 0 Å². The number of halogens is 3. The van der Waals surface area contributed by atoms with Crippen molar-refractivity contribution < 1.29 is 9.59 Å². The largest absolute Gasteiger partial charge is 0.294 e. The monoisotopic (exact) mass is 598 g/mol. The van der Waals surface area contributed by atoms with Gasteiger partial charge in [-0.05, 0) is 95.8 Å². The Morgan fingerprint density at radius 1 is 0.913 bits per heavy atom. The zero-order chi connectivity index (χ0) is 17.6. The number of ketones is 2. The number of benzene rings is 2. The molecule has 0 aliphatic rings. The van der Waals surface area contributed by atoms with Crippen molar-refractivity contribution in [2.45, 2.75) is 26.1 Å². The minimum Gasteiger partial charge on any atom is -0.294 e. The summed E-state index contributed by atoms with van der Waals surface area (Å²) in [6.45, 7) is 5.18. The zero-order valence-corrected chi connectivity index (χ0v) is 19.0. The molecule has 2 rings (SSSR count). The van der Waals surface area contributed by atoms with Gasteiger partial charge in [0.1, 0.15) is 0 Å². The van der Waals surface area contributed by atoms with Crippen LogP contribution in [0.15, 0.2) is 36.4 Å². The van der Waals surface area contributed by atoms with Crippen molar-refractivity contribution in [1.82, 2.24) is 0 Å². The molecule has 2 aromatic rings. The van der Waals surface area contributed by atoms with Crippen LogP contribution in [0.3, 0.4) is 0 Å². The quantitative estimate of drug-likeness (QED) is 0.240. The SMILES string of the molecule is CC(=O)c1cc(C)ccc1I.CC(=O)c1cc(CBr)ccc1I. The van der Waals surface area contributed by atoms with Gasteiger partial charge in [-0.15, -0.1) is 0 Å². The average molecular weight is 599 g/mol. The molecular formula is C18H17BrI2O2. The smallest absolute Gasteiger partial charge is 0.160 e. The summed E-state index contributed by atoms with van der Waals surface area (Å²) in [5.74, 6) is 0.264. The van der Waals surface area contributed by atoms with Gasteiger partial charge in [0, 0.05) is 23.6 Å². The molecule has 0 atom stereocenters. The molecular weight excluding hydrogens is 582 g/mol. The van der Waals surface area contributed by atoms with E-state index in [2.05, 4.69) is 61.1 Å². The number of alkyl halides is 1. The number of carbonyl (C=O) groups excluding carboxylic acids is 2. The standard InChI is InChI=1S/C9H8BrIO.C9H9IO/c1-6(12)8-4-7(5-10)2-3-9(8)11;1-6-3-4-9(10)8(5-6)7(2)11/h2-4H,5H2,1H3;3-5H,1-2H3. The third kappa shape index (κ3) is 6.62. The van der Waals surface area contributed by atoms with Crippen molar-refractivity contribution in [3.8, 4) is 0 Å². The van der Waals surface area contributed by atoms with Crippen LogP contribution in [0.1, 0.15) is 45.7 Å². The second-order valence-corrected chi connectivity index (χ2v) is 7.93. The Bertz CT molecular complexity index is 727. The van der Waals surface area contributed by atoms with Crippen LogP contribution in [0, 0.1) is 14.1 Å². The first-order chi connectivity index (χ1) is 10.8.